The van der Waals surface area contributed by atoms with Crippen LogP contribution in [0.15, 0.2) is 46.2 Å². The zero-order valence-electron chi connectivity index (χ0n) is 12.8. The summed E-state index contributed by atoms with van der Waals surface area (Å²) in [5, 5.41) is 19.4. The van der Waals surface area contributed by atoms with E-state index in [4.69, 9.17) is 0 Å². The van der Waals surface area contributed by atoms with Crippen molar-refractivity contribution >= 4 is 33.5 Å². The van der Waals surface area contributed by atoms with E-state index in [1.165, 1.54) is 60.1 Å². The molecule has 2 aromatic carbocycles. The van der Waals surface area contributed by atoms with Gasteiger partial charge in [0, 0.05) is 9.79 Å². The second kappa shape index (κ2) is 7.98. The number of phenolic OH excluding ortho intramolecular Hbond substituents is 2. The number of phenols is 2. The van der Waals surface area contributed by atoms with Crippen molar-refractivity contribution in [1.82, 2.24) is 0 Å². The topological polar surface area (TPSA) is 93.1 Å². The van der Waals surface area contributed by atoms with Gasteiger partial charge in [-0.15, -0.1) is 0 Å². The molecule has 0 saturated heterocycles. The van der Waals surface area contributed by atoms with Crippen LogP contribution < -0.4 is 0 Å². The van der Waals surface area contributed by atoms with Gasteiger partial charge in [0.15, 0.2) is 0 Å². The Kier molecular flexibility index (Phi) is 5.99. The van der Waals surface area contributed by atoms with E-state index in [1.807, 2.05) is 0 Å². The van der Waals surface area contributed by atoms with Gasteiger partial charge >= 0.3 is 11.9 Å². The summed E-state index contributed by atoms with van der Waals surface area (Å²) in [7, 11) is 5.12. The molecule has 0 aromatic heterocycles. The largest absolute Gasteiger partial charge is 0.507 e. The Morgan fingerprint density at radius 3 is 1.50 bits per heavy atom. The molecule has 0 saturated carbocycles. The normalized spacial score (nSPS) is 10.2. The first-order chi connectivity index (χ1) is 11.5. The summed E-state index contributed by atoms with van der Waals surface area (Å²) in [6.07, 6.45) is 0. The molecule has 2 N–H and O–H groups in total. The number of carbonyl (C=O) groups is 2. The van der Waals surface area contributed by atoms with E-state index in [2.05, 4.69) is 9.47 Å². The maximum Gasteiger partial charge on any atom is 0.341 e. The lowest BCUT2D eigenvalue weighted by Gasteiger charge is -2.07. The van der Waals surface area contributed by atoms with Crippen molar-refractivity contribution in [2.24, 2.45) is 0 Å². The molecule has 0 atom stereocenters. The number of carbonyl (C=O) groups excluding carboxylic acids is 2. The van der Waals surface area contributed by atoms with E-state index in [1.54, 1.807) is 12.1 Å². The molecule has 0 aliphatic carbocycles. The SMILES string of the molecule is COC(=O)c1cc(SSc2ccc(O)c(C(=O)OC)c2)ccc1O. The fourth-order valence-corrected chi connectivity index (χ4v) is 3.75. The number of hydrogen-bond donors (Lipinski definition) is 2. The van der Waals surface area contributed by atoms with Crippen molar-refractivity contribution in [2.75, 3.05) is 14.2 Å². The Morgan fingerprint density at radius 2 is 1.17 bits per heavy atom. The van der Waals surface area contributed by atoms with Crippen LogP contribution in [0.2, 0.25) is 0 Å². The lowest BCUT2D eigenvalue weighted by atomic mass is 10.2. The van der Waals surface area contributed by atoms with Crippen molar-refractivity contribution in [3.8, 4) is 11.5 Å². The number of benzene rings is 2. The van der Waals surface area contributed by atoms with Gasteiger partial charge in [0.05, 0.1) is 14.2 Å². The Bertz CT molecular complexity index is 710. The molecule has 0 radical (unpaired) electrons. The summed E-state index contributed by atoms with van der Waals surface area (Å²) in [6.45, 7) is 0. The smallest absolute Gasteiger partial charge is 0.341 e. The minimum atomic E-state index is -0.627. The zero-order chi connectivity index (χ0) is 17.7. The zero-order valence-corrected chi connectivity index (χ0v) is 14.4. The highest BCUT2D eigenvalue weighted by Gasteiger charge is 2.14. The van der Waals surface area contributed by atoms with Crippen LogP contribution in [0.1, 0.15) is 20.7 Å². The lowest BCUT2D eigenvalue weighted by molar-refractivity contribution is 0.0587. The molecule has 126 valence electrons. The number of ether oxygens (including phenoxy) is 2. The Labute approximate surface area is 146 Å². The van der Waals surface area contributed by atoms with Gasteiger partial charge in [0.2, 0.25) is 0 Å². The summed E-state index contributed by atoms with van der Waals surface area (Å²) >= 11 is 0. The summed E-state index contributed by atoms with van der Waals surface area (Å²) in [5.74, 6) is -1.57. The maximum atomic E-state index is 11.6. The van der Waals surface area contributed by atoms with Crippen molar-refractivity contribution in [3.05, 3.63) is 47.5 Å². The third-order valence-electron chi connectivity index (χ3n) is 2.98. The third-order valence-corrected chi connectivity index (χ3v) is 5.36. The highest BCUT2D eigenvalue weighted by Crippen LogP contribution is 2.40. The highest BCUT2D eigenvalue weighted by molar-refractivity contribution is 8.76. The maximum absolute atomic E-state index is 11.6. The predicted molar refractivity (Wildman–Crippen MR) is 90.6 cm³/mol. The van der Waals surface area contributed by atoms with Crippen LogP contribution in [0.3, 0.4) is 0 Å². The van der Waals surface area contributed by atoms with Crippen molar-refractivity contribution < 1.29 is 29.3 Å². The van der Waals surface area contributed by atoms with E-state index in [-0.39, 0.29) is 22.6 Å². The molecule has 24 heavy (non-hydrogen) atoms. The van der Waals surface area contributed by atoms with E-state index >= 15 is 0 Å². The van der Waals surface area contributed by atoms with Gasteiger partial charge in [-0.05, 0) is 36.4 Å². The van der Waals surface area contributed by atoms with Crippen LogP contribution >= 0.6 is 21.6 Å². The van der Waals surface area contributed by atoms with Gasteiger partial charge in [-0.3, -0.25) is 0 Å². The molecule has 0 fully saturated rings. The van der Waals surface area contributed by atoms with Gasteiger partial charge in [-0.2, -0.15) is 0 Å². The minimum absolute atomic E-state index is 0.0732. The first kappa shape index (κ1) is 18.0. The van der Waals surface area contributed by atoms with Crippen LogP contribution in [0.5, 0.6) is 11.5 Å². The van der Waals surface area contributed by atoms with E-state index in [0.717, 1.165) is 0 Å². The van der Waals surface area contributed by atoms with Gasteiger partial charge in [0.25, 0.3) is 0 Å². The van der Waals surface area contributed by atoms with E-state index in [9.17, 15) is 19.8 Å². The molecule has 0 heterocycles. The summed E-state index contributed by atoms with van der Waals surface area (Å²) in [4.78, 5) is 24.6. The molecule has 2 aromatic rings. The number of methoxy groups -OCH3 is 2. The number of rotatable bonds is 5. The Balaban J connectivity index is 2.17. The minimum Gasteiger partial charge on any atom is -0.507 e. The van der Waals surface area contributed by atoms with E-state index in [0.29, 0.717) is 9.79 Å². The molecule has 2 rings (SSSR count). The number of hydrogen-bond acceptors (Lipinski definition) is 8. The van der Waals surface area contributed by atoms with Crippen LogP contribution in [-0.2, 0) is 9.47 Å². The molecule has 0 unspecified atom stereocenters. The van der Waals surface area contributed by atoms with Crippen LogP contribution in [-0.4, -0.2) is 36.4 Å². The lowest BCUT2D eigenvalue weighted by Crippen LogP contribution is -2.01. The van der Waals surface area contributed by atoms with Crippen LogP contribution in [0.25, 0.3) is 0 Å². The molecule has 0 aliphatic heterocycles. The first-order valence-corrected chi connectivity index (χ1v) is 8.78. The molecule has 8 heteroatoms. The molecular weight excluding hydrogens is 352 g/mol. The molecule has 0 bridgehead atoms. The standard InChI is InChI=1S/C16H14O6S2/c1-21-15(19)11-7-9(3-5-13(11)17)23-24-10-4-6-14(18)12(8-10)16(20)22-2/h3-8,17-18H,1-2H3. The molecular formula is C16H14O6S2. The summed E-state index contributed by atoms with van der Waals surface area (Å²) < 4.78 is 9.22. The van der Waals surface area contributed by atoms with Gasteiger partial charge in [-0.1, -0.05) is 21.6 Å². The Hall–Kier alpha value is -2.32. The fraction of sp³-hybridized carbons (Fsp3) is 0.125. The van der Waals surface area contributed by atoms with Crippen LogP contribution in [0.4, 0.5) is 0 Å². The summed E-state index contributed by atoms with van der Waals surface area (Å²) in [5.41, 5.74) is 0.146. The van der Waals surface area contributed by atoms with Crippen molar-refractivity contribution in [2.45, 2.75) is 9.79 Å². The Morgan fingerprint density at radius 1 is 0.792 bits per heavy atom. The monoisotopic (exact) mass is 366 g/mol. The second-order valence-electron chi connectivity index (χ2n) is 4.51. The van der Waals surface area contributed by atoms with Crippen molar-refractivity contribution in [3.63, 3.8) is 0 Å². The molecule has 0 aliphatic rings. The third kappa shape index (κ3) is 4.15. The van der Waals surface area contributed by atoms with Crippen molar-refractivity contribution in [1.29, 1.82) is 0 Å². The molecule has 0 spiro atoms. The quantitative estimate of drug-likeness (QED) is 0.614. The van der Waals surface area contributed by atoms with Gasteiger partial charge < -0.3 is 19.7 Å². The van der Waals surface area contributed by atoms with E-state index < -0.39 is 11.9 Å². The highest BCUT2D eigenvalue weighted by atomic mass is 33.1. The molecule has 6 nitrogen and oxygen atoms in total. The summed E-state index contributed by atoms with van der Waals surface area (Å²) in [6, 6.07) is 9.15. The first-order valence-electron chi connectivity index (χ1n) is 6.63. The number of aromatic hydroxyl groups is 2. The van der Waals surface area contributed by atoms with Crippen LogP contribution in [0, 0.1) is 0 Å². The average molecular weight is 366 g/mol. The fourth-order valence-electron chi connectivity index (χ4n) is 1.78. The predicted octanol–water partition coefficient (Wildman–Crippen LogP) is 3.47. The second-order valence-corrected chi connectivity index (χ2v) is 6.78. The van der Waals surface area contributed by atoms with Gasteiger partial charge in [0.1, 0.15) is 22.6 Å². The average Bonchev–Trinajstić information content (AvgIpc) is 2.60. The molecule has 0 amide bonds. The van der Waals surface area contributed by atoms with Gasteiger partial charge in [-0.25, -0.2) is 9.59 Å². The number of esters is 2.